The zero-order valence-corrected chi connectivity index (χ0v) is 14.2. The number of nitrogens with zero attached hydrogens (tertiary/aromatic N) is 3. The van der Waals surface area contributed by atoms with Gasteiger partial charge in [0.15, 0.2) is 0 Å². The van der Waals surface area contributed by atoms with Gasteiger partial charge in [0.2, 0.25) is 5.91 Å². The Morgan fingerprint density at radius 2 is 2.17 bits per heavy atom. The molecule has 1 aromatic rings. The molecule has 1 saturated heterocycles. The monoisotopic (exact) mass is 321 g/mol. The first-order chi connectivity index (χ1) is 11.0. The Bertz CT molecular complexity index is 540. The number of aromatic nitrogens is 2. The number of hydrogen-bond acceptors (Lipinski definition) is 3. The van der Waals surface area contributed by atoms with Crippen molar-refractivity contribution in [1.82, 2.24) is 25.3 Å². The molecule has 1 atom stereocenters. The molecule has 0 saturated carbocycles. The molecule has 1 aliphatic rings. The van der Waals surface area contributed by atoms with Crippen LogP contribution in [0.15, 0.2) is 12.4 Å². The van der Waals surface area contributed by atoms with Gasteiger partial charge in [-0.3, -0.25) is 9.48 Å². The van der Waals surface area contributed by atoms with E-state index in [1.54, 1.807) is 15.8 Å². The van der Waals surface area contributed by atoms with E-state index in [0.717, 1.165) is 24.9 Å². The second kappa shape index (κ2) is 7.99. The molecule has 0 spiro atoms. The van der Waals surface area contributed by atoms with E-state index in [1.807, 2.05) is 13.2 Å². The minimum absolute atomic E-state index is 0.00946. The smallest absolute Gasteiger partial charge is 0.317 e. The minimum Gasteiger partial charge on any atom is -0.352 e. The van der Waals surface area contributed by atoms with Gasteiger partial charge in [-0.05, 0) is 18.8 Å². The summed E-state index contributed by atoms with van der Waals surface area (Å²) in [6.07, 6.45) is 5.31. The van der Waals surface area contributed by atoms with Crippen molar-refractivity contribution in [2.24, 2.45) is 18.9 Å². The number of piperidine rings is 1. The average Bonchev–Trinajstić information content (AvgIpc) is 2.95. The van der Waals surface area contributed by atoms with Crippen LogP contribution in [0.4, 0.5) is 4.79 Å². The normalized spacial score (nSPS) is 18.1. The third kappa shape index (κ3) is 5.26. The largest absolute Gasteiger partial charge is 0.352 e. The van der Waals surface area contributed by atoms with Crippen LogP contribution in [-0.2, 0) is 18.4 Å². The molecular formula is C16H27N5O2. The van der Waals surface area contributed by atoms with Crippen molar-refractivity contribution in [2.45, 2.75) is 33.2 Å². The van der Waals surface area contributed by atoms with E-state index >= 15 is 0 Å². The number of nitrogens with one attached hydrogen (secondary N) is 2. The fourth-order valence-corrected chi connectivity index (χ4v) is 2.68. The van der Waals surface area contributed by atoms with E-state index in [0.29, 0.717) is 25.6 Å². The van der Waals surface area contributed by atoms with E-state index in [4.69, 9.17) is 0 Å². The lowest BCUT2D eigenvalue weighted by molar-refractivity contribution is -0.126. The summed E-state index contributed by atoms with van der Waals surface area (Å²) in [6, 6.07) is -0.0662. The van der Waals surface area contributed by atoms with Gasteiger partial charge in [-0.25, -0.2) is 4.79 Å². The van der Waals surface area contributed by atoms with Crippen LogP contribution >= 0.6 is 0 Å². The number of likely N-dealkylation sites (tertiary alicyclic amines) is 1. The van der Waals surface area contributed by atoms with Crippen molar-refractivity contribution < 1.29 is 9.59 Å². The molecule has 1 aliphatic heterocycles. The van der Waals surface area contributed by atoms with Crippen LogP contribution in [0.5, 0.6) is 0 Å². The maximum Gasteiger partial charge on any atom is 0.317 e. The molecule has 1 aromatic heterocycles. The molecule has 3 amide bonds. The van der Waals surface area contributed by atoms with Crippen LogP contribution in [-0.4, -0.2) is 46.3 Å². The third-order valence-corrected chi connectivity index (χ3v) is 3.97. The van der Waals surface area contributed by atoms with E-state index < -0.39 is 0 Å². The predicted octanol–water partition coefficient (Wildman–Crippen LogP) is 1.11. The SMILES string of the molecule is CC(C)CNC(=O)N1CCCC(C(=O)NCc2cnn(C)c2)C1. The Morgan fingerprint density at radius 3 is 2.83 bits per heavy atom. The Hall–Kier alpha value is -2.05. The second-order valence-corrected chi connectivity index (χ2v) is 6.61. The molecule has 0 bridgehead atoms. The fourth-order valence-electron chi connectivity index (χ4n) is 2.68. The maximum absolute atomic E-state index is 12.3. The summed E-state index contributed by atoms with van der Waals surface area (Å²) in [5.74, 6) is 0.294. The zero-order valence-electron chi connectivity index (χ0n) is 14.2. The van der Waals surface area contributed by atoms with Gasteiger partial charge in [0.05, 0.1) is 12.1 Å². The number of amides is 3. The predicted molar refractivity (Wildman–Crippen MR) is 87.6 cm³/mol. The van der Waals surface area contributed by atoms with Gasteiger partial charge in [-0.2, -0.15) is 5.10 Å². The number of rotatable bonds is 5. The number of urea groups is 1. The quantitative estimate of drug-likeness (QED) is 0.853. The lowest BCUT2D eigenvalue weighted by Crippen LogP contribution is -2.49. The van der Waals surface area contributed by atoms with Crippen LogP contribution in [0.1, 0.15) is 32.3 Å². The molecule has 1 unspecified atom stereocenters. The number of carbonyl (C=O) groups excluding carboxylic acids is 2. The van der Waals surface area contributed by atoms with Crippen molar-refractivity contribution in [3.63, 3.8) is 0 Å². The average molecular weight is 321 g/mol. The van der Waals surface area contributed by atoms with Crippen molar-refractivity contribution in [3.05, 3.63) is 18.0 Å². The van der Waals surface area contributed by atoms with E-state index in [1.165, 1.54) is 0 Å². The molecule has 2 N–H and O–H groups in total. The van der Waals surface area contributed by atoms with Gasteiger partial charge in [-0.1, -0.05) is 13.8 Å². The number of carbonyl (C=O) groups is 2. The van der Waals surface area contributed by atoms with Gasteiger partial charge in [0.1, 0.15) is 0 Å². The summed E-state index contributed by atoms with van der Waals surface area (Å²) >= 11 is 0. The van der Waals surface area contributed by atoms with Crippen LogP contribution in [0, 0.1) is 11.8 Å². The van der Waals surface area contributed by atoms with Crippen LogP contribution in [0.3, 0.4) is 0 Å². The molecule has 7 heteroatoms. The molecule has 2 heterocycles. The summed E-state index contributed by atoms with van der Waals surface area (Å²) in [5.41, 5.74) is 0.975. The minimum atomic E-state index is -0.134. The molecule has 0 radical (unpaired) electrons. The standard InChI is InChI=1S/C16H27N5O2/c1-12(2)7-18-16(23)21-6-4-5-14(11-21)15(22)17-8-13-9-19-20(3)10-13/h9-10,12,14H,4-8,11H2,1-3H3,(H,17,22)(H,18,23). The summed E-state index contributed by atoms with van der Waals surface area (Å²) < 4.78 is 1.71. The van der Waals surface area contributed by atoms with Gasteiger partial charge >= 0.3 is 6.03 Å². The third-order valence-electron chi connectivity index (χ3n) is 3.97. The molecule has 2 rings (SSSR count). The van der Waals surface area contributed by atoms with Crippen LogP contribution < -0.4 is 10.6 Å². The Morgan fingerprint density at radius 1 is 1.39 bits per heavy atom. The van der Waals surface area contributed by atoms with Crippen molar-refractivity contribution in [3.8, 4) is 0 Å². The second-order valence-electron chi connectivity index (χ2n) is 6.61. The topological polar surface area (TPSA) is 79.3 Å². The molecule has 0 aliphatic carbocycles. The Kier molecular flexibility index (Phi) is 6.01. The van der Waals surface area contributed by atoms with Gasteiger partial charge in [-0.15, -0.1) is 0 Å². The fraction of sp³-hybridized carbons (Fsp3) is 0.688. The van der Waals surface area contributed by atoms with Gasteiger partial charge in [0, 0.05) is 45.0 Å². The van der Waals surface area contributed by atoms with Crippen LogP contribution in [0.2, 0.25) is 0 Å². The zero-order chi connectivity index (χ0) is 16.8. The van der Waals surface area contributed by atoms with Crippen molar-refractivity contribution in [1.29, 1.82) is 0 Å². The first-order valence-corrected chi connectivity index (χ1v) is 8.23. The summed E-state index contributed by atoms with van der Waals surface area (Å²) in [6.45, 7) is 6.46. The first-order valence-electron chi connectivity index (χ1n) is 8.23. The lowest BCUT2D eigenvalue weighted by Gasteiger charge is -2.32. The molecule has 128 valence electrons. The van der Waals surface area contributed by atoms with Crippen molar-refractivity contribution in [2.75, 3.05) is 19.6 Å². The Labute approximate surface area is 137 Å². The highest BCUT2D eigenvalue weighted by molar-refractivity contribution is 5.80. The van der Waals surface area contributed by atoms with Crippen molar-refractivity contribution >= 4 is 11.9 Å². The van der Waals surface area contributed by atoms with Gasteiger partial charge < -0.3 is 15.5 Å². The van der Waals surface area contributed by atoms with E-state index in [2.05, 4.69) is 29.6 Å². The summed E-state index contributed by atoms with van der Waals surface area (Å²) in [7, 11) is 1.85. The molecule has 0 aromatic carbocycles. The maximum atomic E-state index is 12.3. The lowest BCUT2D eigenvalue weighted by atomic mass is 9.97. The van der Waals surface area contributed by atoms with E-state index in [-0.39, 0.29) is 17.9 Å². The number of hydrogen-bond donors (Lipinski definition) is 2. The molecular weight excluding hydrogens is 294 g/mol. The summed E-state index contributed by atoms with van der Waals surface area (Å²) in [4.78, 5) is 26.2. The molecule has 7 nitrogen and oxygen atoms in total. The summed E-state index contributed by atoms with van der Waals surface area (Å²) in [5, 5.41) is 9.94. The molecule has 1 fully saturated rings. The molecule has 23 heavy (non-hydrogen) atoms. The Balaban J connectivity index is 1.80. The van der Waals surface area contributed by atoms with Crippen LogP contribution in [0.25, 0.3) is 0 Å². The first kappa shape index (κ1) is 17.3. The number of aryl methyl sites for hydroxylation is 1. The highest BCUT2D eigenvalue weighted by atomic mass is 16.2. The van der Waals surface area contributed by atoms with E-state index in [9.17, 15) is 9.59 Å². The highest BCUT2D eigenvalue weighted by Gasteiger charge is 2.28. The van der Waals surface area contributed by atoms with Gasteiger partial charge in [0.25, 0.3) is 0 Å². The highest BCUT2D eigenvalue weighted by Crippen LogP contribution is 2.17.